The van der Waals surface area contributed by atoms with Gasteiger partial charge in [0.1, 0.15) is 13.2 Å². The van der Waals surface area contributed by atoms with Gasteiger partial charge in [-0.05, 0) is 31.9 Å². The maximum absolute atomic E-state index is 12.7. The van der Waals surface area contributed by atoms with Gasteiger partial charge in [-0.2, -0.15) is 0 Å². The van der Waals surface area contributed by atoms with Crippen LogP contribution in [0.25, 0.3) is 5.69 Å². The van der Waals surface area contributed by atoms with Gasteiger partial charge in [-0.15, -0.1) is 5.10 Å². The number of aromatic nitrogens is 3. The second-order valence-electron chi connectivity index (χ2n) is 6.99. The fourth-order valence-corrected chi connectivity index (χ4v) is 2.70. The smallest absolute Gasteiger partial charge is 0.274 e. The molecule has 1 aliphatic heterocycles. The summed E-state index contributed by atoms with van der Waals surface area (Å²) in [5, 5.41) is 11.2. The number of benzene rings is 1. The molecule has 1 unspecified atom stereocenters. The highest BCUT2D eigenvalue weighted by Gasteiger charge is 2.31. The predicted molar refractivity (Wildman–Crippen MR) is 96.8 cm³/mol. The summed E-state index contributed by atoms with van der Waals surface area (Å²) in [5.41, 5.74) is 7.01. The molecule has 0 bridgehead atoms. The summed E-state index contributed by atoms with van der Waals surface area (Å²) in [6.07, 6.45) is 0. The highest BCUT2D eigenvalue weighted by molar-refractivity contribution is 5.93. The van der Waals surface area contributed by atoms with E-state index < -0.39 is 5.54 Å². The number of carbonyl (C=O) groups excluding carboxylic acids is 1. The van der Waals surface area contributed by atoms with Gasteiger partial charge in [0.2, 0.25) is 0 Å². The van der Waals surface area contributed by atoms with E-state index in [0.29, 0.717) is 37.0 Å². The molecule has 0 fully saturated rings. The number of carbonyl (C=O) groups is 1. The second kappa shape index (κ2) is 6.95. The molecular formula is C18H25N5O3. The third-order valence-electron chi connectivity index (χ3n) is 4.98. The Bertz CT molecular complexity index is 817. The van der Waals surface area contributed by atoms with Crippen molar-refractivity contribution in [2.75, 3.05) is 19.8 Å². The minimum Gasteiger partial charge on any atom is -0.486 e. The molecule has 26 heavy (non-hydrogen) atoms. The van der Waals surface area contributed by atoms with Crippen molar-refractivity contribution < 1.29 is 14.3 Å². The van der Waals surface area contributed by atoms with Crippen molar-refractivity contribution in [1.82, 2.24) is 20.3 Å². The molecule has 3 rings (SSSR count). The molecule has 2 aromatic rings. The van der Waals surface area contributed by atoms with E-state index in [-0.39, 0.29) is 17.5 Å². The first-order valence-electron chi connectivity index (χ1n) is 8.70. The number of nitrogens with two attached hydrogens (primary N) is 1. The zero-order chi connectivity index (χ0) is 18.9. The summed E-state index contributed by atoms with van der Waals surface area (Å²) in [5.74, 6) is 1.26. The average Bonchev–Trinajstić information content (AvgIpc) is 3.02. The Kier molecular flexibility index (Phi) is 4.86. The van der Waals surface area contributed by atoms with E-state index >= 15 is 0 Å². The lowest BCUT2D eigenvalue weighted by molar-refractivity contribution is 0.0877. The lowest BCUT2D eigenvalue weighted by Gasteiger charge is -2.33. The van der Waals surface area contributed by atoms with Crippen molar-refractivity contribution >= 4 is 5.91 Å². The van der Waals surface area contributed by atoms with Crippen molar-refractivity contribution in [3.8, 4) is 17.2 Å². The molecule has 1 aliphatic rings. The molecule has 8 heteroatoms. The van der Waals surface area contributed by atoms with Gasteiger partial charge >= 0.3 is 0 Å². The number of rotatable bonds is 5. The summed E-state index contributed by atoms with van der Waals surface area (Å²) >= 11 is 0. The maximum Gasteiger partial charge on any atom is 0.274 e. The summed E-state index contributed by atoms with van der Waals surface area (Å²) < 4.78 is 12.8. The lowest BCUT2D eigenvalue weighted by Crippen LogP contribution is -2.55. The van der Waals surface area contributed by atoms with Gasteiger partial charge in [0.25, 0.3) is 5.91 Å². The van der Waals surface area contributed by atoms with Crippen molar-refractivity contribution in [3.05, 3.63) is 29.6 Å². The normalized spacial score (nSPS) is 15.6. The Hall–Kier alpha value is -2.61. The molecule has 1 amide bonds. The fraction of sp³-hybridized carbons (Fsp3) is 0.500. The van der Waals surface area contributed by atoms with Crippen LogP contribution in [0.3, 0.4) is 0 Å². The van der Waals surface area contributed by atoms with Crippen LogP contribution in [0.15, 0.2) is 18.2 Å². The molecule has 0 saturated heterocycles. The maximum atomic E-state index is 12.7. The van der Waals surface area contributed by atoms with Crippen LogP contribution < -0.4 is 20.5 Å². The van der Waals surface area contributed by atoms with Gasteiger partial charge in [-0.25, -0.2) is 4.68 Å². The number of amides is 1. The molecule has 1 atom stereocenters. The van der Waals surface area contributed by atoms with Gasteiger partial charge in [0, 0.05) is 12.6 Å². The quantitative estimate of drug-likeness (QED) is 0.837. The monoisotopic (exact) mass is 359 g/mol. The van der Waals surface area contributed by atoms with Crippen molar-refractivity contribution in [3.63, 3.8) is 0 Å². The lowest BCUT2D eigenvalue weighted by atomic mass is 9.88. The van der Waals surface area contributed by atoms with E-state index in [0.717, 1.165) is 5.69 Å². The van der Waals surface area contributed by atoms with E-state index in [1.807, 2.05) is 39.0 Å². The van der Waals surface area contributed by atoms with E-state index in [4.69, 9.17) is 15.2 Å². The highest BCUT2D eigenvalue weighted by atomic mass is 16.6. The average molecular weight is 359 g/mol. The first kappa shape index (κ1) is 18.2. The summed E-state index contributed by atoms with van der Waals surface area (Å²) in [7, 11) is 0. The molecule has 0 spiro atoms. The minimum absolute atomic E-state index is 0.185. The summed E-state index contributed by atoms with van der Waals surface area (Å²) in [6, 6.07) is 5.51. The minimum atomic E-state index is -0.510. The van der Waals surface area contributed by atoms with Crippen LogP contribution in [0.4, 0.5) is 0 Å². The largest absolute Gasteiger partial charge is 0.486 e. The predicted octanol–water partition coefficient (Wildman–Crippen LogP) is 1.45. The van der Waals surface area contributed by atoms with Crippen LogP contribution in [0.2, 0.25) is 0 Å². The Labute approximate surface area is 152 Å². The number of fused-ring (bicyclic) bond motifs is 1. The number of nitrogens with one attached hydrogen (secondary N) is 1. The van der Waals surface area contributed by atoms with E-state index in [9.17, 15) is 4.79 Å². The Balaban J connectivity index is 1.87. The van der Waals surface area contributed by atoms with E-state index in [1.54, 1.807) is 11.6 Å². The van der Waals surface area contributed by atoms with E-state index in [1.165, 1.54) is 0 Å². The van der Waals surface area contributed by atoms with Gasteiger partial charge in [0.15, 0.2) is 17.2 Å². The number of hydrogen-bond acceptors (Lipinski definition) is 6. The standard InChI is InChI=1S/C18H25N5O3/c1-11(2)18(4,10-19)20-17(24)16-12(3)23(22-21-16)13-5-6-14-15(9-13)26-8-7-25-14/h5-6,9,11H,7-8,10,19H2,1-4H3,(H,20,24). The van der Waals surface area contributed by atoms with E-state index in [2.05, 4.69) is 15.6 Å². The van der Waals surface area contributed by atoms with Gasteiger partial charge in [-0.3, -0.25) is 4.79 Å². The van der Waals surface area contributed by atoms with Crippen LogP contribution in [-0.4, -0.2) is 46.2 Å². The van der Waals surface area contributed by atoms with Crippen molar-refractivity contribution in [2.45, 2.75) is 33.2 Å². The molecule has 140 valence electrons. The molecule has 1 aromatic heterocycles. The SMILES string of the molecule is Cc1c(C(=O)NC(C)(CN)C(C)C)nnn1-c1ccc2c(c1)OCCO2. The van der Waals surface area contributed by atoms with Gasteiger partial charge in [0.05, 0.1) is 16.9 Å². The molecular weight excluding hydrogens is 334 g/mol. The van der Waals surface area contributed by atoms with Gasteiger partial charge in [-0.1, -0.05) is 19.1 Å². The first-order valence-corrected chi connectivity index (χ1v) is 8.70. The number of ether oxygens (including phenoxy) is 2. The molecule has 3 N–H and O–H groups in total. The Morgan fingerprint density at radius 1 is 1.35 bits per heavy atom. The molecule has 0 radical (unpaired) electrons. The second-order valence-corrected chi connectivity index (χ2v) is 6.99. The zero-order valence-electron chi connectivity index (χ0n) is 15.6. The third kappa shape index (κ3) is 3.24. The topological polar surface area (TPSA) is 104 Å². The van der Waals surface area contributed by atoms with Crippen LogP contribution in [0.5, 0.6) is 11.5 Å². The van der Waals surface area contributed by atoms with Crippen molar-refractivity contribution in [2.24, 2.45) is 11.7 Å². The Morgan fingerprint density at radius 2 is 2.04 bits per heavy atom. The number of nitrogens with zero attached hydrogens (tertiary/aromatic N) is 3. The van der Waals surface area contributed by atoms with Crippen LogP contribution >= 0.6 is 0 Å². The third-order valence-corrected chi connectivity index (χ3v) is 4.98. The first-order chi connectivity index (χ1) is 12.4. The van der Waals surface area contributed by atoms with Crippen LogP contribution in [0.1, 0.15) is 37.0 Å². The molecule has 0 aliphatic carbocycles. The summed E-state index contributed by atoms with van der Waals surface area (Å²) in [4.78, 5) is 12.7. The Morgan fingerprint density at radius 3 is 2.69 bits per heavy atom. The highest BCUT2D eigenvalue weighted by Crippen LogP contribution is 2.32. The molecule has 8 nitrogen and oxygen atoms in total. The van der Waals surface area contributed by atoms with Crippen molar-refractivity contribution in [1.29, 1.82) is 0 Å². The van der Waals surface area contributed by atoms with Crippen LogP contribution in [0, 0.1) is 12.8 Å². The number of hydrogen-bond donors (Lipinski definition) is 2. The fourth-order valence-electron chi connectivity index (χ4n) is 2.70. The molecule has 0 saturated carbocycles. The zero-order valence-corrected chi connectivity index (χ0v) is 15.6. The molecule has 1 aromatic carbocycles. The van der Waals surface area contributed by atoms with Gasteiger partial charge < -0.3 is 20.5 Å². The summed E-state index contributed by atoms with van der Waals surface area (Å²) in [6.45, 7) is 9.16. The van der Waals surface area contributed by atoms with Crippen LogP contribution in [-0.2, 0) is 0 Å². The molecule has 2 heterocycles.